The summed E-state index contributed by atoms with van der Waals surface area (Å²) >= 11 is 0. The molecule has 0 heterocycles. The van der Waals surface area contributed by atoms with E-state index in [0.717, 1.165) is 12.1 Å². The molecule has 1 N–H and O–H groups in total. The van der Waals surface area contributed by atoms with E-state index in [1.165, 1.54) is 10.6 Å². The van der Waals surface area contributed by atoms with Crippen molar-refractivity contribution in [3.63, 3.8) is 0 Å². The summed E-state index contributed by atoms with van der Waals surface area (Å²) in [5.41, 5.74) is 0.949. The van der Waals surface area contributed by atoms with Crippen molar-refractivity contribution >= 4 is 10.0 Å². The normalized spacial score (nSPS) is 12.8. The Morgan fingerprint density at radius 3 is 2.39 bits per heavy atom. The summed E-state index contributed by atoms with van der Waals surface area (Å²) in [5, 5.41) is 8.71. The summed E-state index contributed by atoms with van der Waals surface area (Å²) in [4.78, 5) is 1.95. The average molecular weight is 276 g/mol. The molecule has 0 unspecified atom stereocenters. The van der Waals surface area contributed by atoms with Crippen molar-refractivity contribution in [3.05, 3.63) is 24.4 Å². The first-order chi connectivity index (χ1) is 8.32. The maximum absolute atomic E-state index is 11.2. The van der Waals surface area contributed by atoms with Gasteiger partial charge in [-0.2, -0.15) is 0 Å². The molecular formula is C12H24N2O3S. The van der Waals surface area contributed by atoms with E-state index in [2.05, 4.69) is 6.58 Å². The molecule has 18 heavy (non-hydrogen) atoms. The smallest absolute Gasteiger partial charge is 0.211 e. The van der Waals surface area contributed by atoms with Crippen LogP contribution < -0.4 is 0 Å². The van der Waals surface area contributed by atoms with Crippen LogP contribution >= 0.6 is 0 Å². The molecule has 0 aliphatic rings. The summed E-state index contributed by atoms with van der Waals surface area (Å²) in [7, 11) is 0.330. The zero-order valence-electron chi connectivity index (χ0n) is 11.5. The van der Waals surface area contributed by atoms with Crippen LogP contribution in [0.2, 0.25) is 0 Å². The number of sulfonamides is 1. The molecule has 0 spiro atoms. The molecule has 0 radical (unpaired) electrons. The number of allylic oxidation sites excluding steroid dienone is 2. The predicted octanol–water partition coefficient (Wildman–Crippen LogP) is 0.652. The van der Waals surface area contributed by atoms with Crippen LogP contribution in [-0.4, -0.2) is 62.8 Å². The molecule has 0 aromatic heterocycles. The fraction of sp³-hybridized carbons (Fsp3) is 0.667. The van der Waals surface area contributed by atoms with Gasteiger partial charge in [0.2, 0.25) is 10.0 Å². The fourth-order valence-corrected chi connectivity index (χ4v) is 1.74. The predicted molar refractivity (Wildman–Crippen MR) is 74.7 cm³/mol. The first kappa shape index (κ1) is 17.2. The number of unbranched alkanes of at least 4 members (excludes halogenated alkanes) is 1. The lowest BCUT2D eigenvalue weighted by atomic mass is 10.2. The van der Waals surface area contributed by atoms with Gasteiger partial charge in [0.15, 0.2) is 0 Å². The Kier molecular flexibility index (Phi) is 7.90. The maximum Gasteiger partial charge on any atom is 0.211 e. The van der Waals surface area contributed by atoms with Crippen molar-refractivity contribution in [1.82, 2.24) is 9.21 Å². The van der Waals surface area contributed by atoms with E-state index in [9.17, 15) is 8.42 Å². The fourth-order valence-electron chi connectivity index (χ4n) is 1.32. The molecule has 0 aromatic rings. The minimum atomic E-state index is -3.12. The zero-order valence-corrected chi connectivity index (χ0v) is 12.3. The number of aliphatic hydroxyl groups is 1. The Bertz CT molecular complexity index is 377. The molecule has 0 saturated carbocycles. The number of aliphatic hydroxyl groups excluding tert-OH is 1. The van der Waals surface area contributed by atoms with Crippen LogP contribution in [0.5, 0.6) is 0 Å². The van der Waals surface area contributed by atoms with Crippen molar-refractivity contribution in [1.29, 1.82) is 0 Å². The zero-order chi connectivity index (χ0) is 14.2. The molecule has 0 atom stereocenters. The highest BCUT2D eigenvalue weighted by molar-refractivity contribution is 7.88. The summed E-state index contributed by atoms with van der Waals surface area (Å²) in [6.45, 7) is 4.93. The monoisotopic (exact) mass is 276 g/mol. The number of nitrogens with zero attached hydrogens (tertiary/aromatic N) is 2. The lowest BCUT2D eigenvalue weighted by molar-refractivity contribution is 0.289. The van der Waals surface area contributed by atoms with Gasteiger partial charge in [-0.05, 0) is 18.9 Å². The van der Waals surface area contributed by atoms with Crippen molar-refractivity contribution in [3.8, 4) is 0 Å². The van der Waals surface area contributed by atoms with Crippen molar-refractivity contribution in [2.75, 3.05) is 40.0 Å². The molecular weight excluding hydrogens is 252 g/mol. The van der Waals surface area contributed by atoms with Gasteiger partial charge in [-0.25, -0.2) is 12.7 Å². The van der Waals surface area contributed by atoms with Crippen molar-refractivity contribution < 1.29 is 13.5 Å². The Hall–Kier alpha value is -0.850. The van der Waals surface area contributed by atoms with Gasteiger partial charge in [0, 0.05) is 39.5 Å². The maximum atomic E-state index is 11.2. The molecule has 0 aromatic carbocycles. The second-order valence-electron chi connectivity index (χ2n) is 4.21. The molecule has 0 aliphatic heterocycles. The Balaban J connectivity index is 4.32. The summed E-state index contributed by atoms with van der Waals surface area (Å²) in [6, 6.07) is 0. The van der Waals surface area contributed by atoms with Crippen LogP contribution in [0.1, 0.15) is 12.8 Å². The highest BCUT2D eigenvalue weighted by atomic mass is 32.2. The lowest BCUT2D eigenvalue weighted by Gasteiger charge is -2.23. The summed E-state index contributed by atoms with van der Waals surface area (Å²) < 4.78 is 23.8. The van der Waals surface area contributed by atoms with E-state index < -0.39 is 10.0 Å². The second kappa shape index (κ2) is 8.29. The van der Waals surface area contributed by atoms with Crippen LogP contribution in [0.25, 0.3) is 0 Å². The lowest BCUT2D eigenvalue weighted by Crippen LogP contribution is -2.33. The molecule has 0 bridgehead atoms. The SMILES string of the molecule is C=C/C(=C\CCCO)N(C)CCN(C)S(C)(=O)=O. The number of rotatable bonds is 9. The van der Waals surface area contributed by atoms with Gasteiger partial charge in [-0.3, -0.25) is 0 Å². The van der Waals surface area contributed by atoms with Gasteiger partial charge in [-0.15, -0.1) is 0 Å². The van der Waals surface area contributed by atoms with Crippen LogP contribution in [0.3, 0.4) is 0 Å². The quantitative estimate of drug-likeness (QED) is 0.496. The molecule has 5 nitrogen and oxygen atoms in total. The van der Waals surface area contributed by atoms with Crippen LogP contribution in [-0.2, 0) is 10.0 Å². The third kappa shape index (κ3) is 6.78. The first-order valence-corrected chi connectivity index (χ1v) is 7.73. The molecule has 0 rings (SSSR count). The first-order valence-electron chi connectivity index (χ1n) is 5.88. The molecule has 0 saturated heterocycles. The third-order valence-corrected chi connectivity index (χ3v) is 4.00. The van der Waals surface area contributed by atoms with Gasteiger partial charge in [0.25, 0.3) is 0 Å². The summed E-state index contributed by atoms with van der Waals surface area (Å²) in [6.07, 6.45) is 6.42. The molecule has 0 fully saturated rings. The highest BCUT2D eigenvalue weighted by Crippen LogP contribution is 2.06. The van der Waals surface area contributed by atoms with Gasteiger partial charge in [0.1, 0.15) is 0 Å². The van der Waals surface area contributed by atoms with Crippen LogP contribution in [0.4, 0.5) is 0 Å². The van der Waals surface area contributed by atoms with Gasteiger partial charge < -0.3 is 10.0 Å². The minimum absolute atomic E-state index is 0.168. The molecule has 0 amide bonds. The Morgan fingerprint density at radius 2 is 1.94 bits per heavy atom. The second-order valence-corrected chi connectivity index (χ2v) is 6.29. The van der Waals surface area contributed by atoms with Crippen LogP contribution in [0, 0.1) is 0 Å². The van der Waals surface area contributed by atoms with Gasteiger partial charge >= 0.3 is 0 Å². The van der Waals surface area contributed by atoms with E-state index >= 15 is 0 Å². The Labute approximate surface area is 110 Å². The van der Waals surface area contributed by atoms with Crippen LogP contribution in [0.15, 0.2) is 24.4 Å². The van der Waals surface area contributed by atoms with E-state index in [1.54, 1.807) is 13.1 Å². The van der Waals surface area contributed by atoms with E-state index in [4.69, 9.17) is 5.11 Å². The Morgan fingerprint density at radius 1 is 1.33 bits per heavy atom. The molecule has 106 valence electrons. The van der Waals surface area contributed by atoms with E-state index in [1.807, 2.05) is 18.0 Å². The van der Waals surface area contributed by atoms with Crippen molar-refractivity contribution in [2.24, 2.45) is 0 Å². The number of hydrogen-bond donors (Lipinski definition) is 1. The molecule has 0 aliphatic carbocycles. The van der Waals surface area contributed by atoms with E-state index in [0.29, 0.717) is 19.5 Å². The third-order valence-electron chi connectivity index (χ3n) is 2.68. The van der Waals surface area contributed by atoms with Crippen molar-refractivity contribution in [2.45, 2.75) is 12.8 Å². The topological polar surface area (TPSA) is 60.9 Å². The average Bonchev–Trinajstić information content (AvgIpc) is 2.30. The number of likely N-dealkylation sites (N-methyl/N-ethyl adjacent to an activating group) is 2. The van der Waals surface area contributed by atoms with Gasteiger partial charge in [-0.1, -0.05) is 12.7 Å². The largest absolute Gasteiger partial charge is 0.396 e. The minimum Gasteiger partial charge on any atom is -0.396 e. The standard InChI is InChI=1S/C12H24N2O3S/c1-5-12(8-6-7-11-15)13(2)9-10-14(3)18(4,16)17/h5,8,15H,1,6-7,9-11H2,2-4H3/b12-8+. The number of hydrogen-bond acceptors (Lipinski definition) is 4. The summed E-state index contributed by atoms with van der Waals surface area (Å²) in [5.74, 6) is 0. The molecule has 6 heteroatoms. The van der Waals surface area contributed by atoms with E-state index in [-0.39, 0.29) is 6.61 Å². The van der Waals surface area contributed by atoms with Gasteiger partial charge in [0.05, 0.1) is 6.26 Å². The highest BCUT2D eigenvalue weighted by Gasteiger charge is 2.11.